The Kier molecular flexibility index (Phi) is 3.45. The summed E-state index contributed by atoms with van der Waals surface area (Å²) in [5.41, 5.74) is 4.34. The highest BCUT2D eigenvalue weighted by molar-refractivity contribution is 6.28. The number of rotatable bonds is 2. The lowest BCUT2D eigenvalue weighted by Crippen LogP contribution is -2.21. The second-order valence-corrected chi connectivity index (χ2v) is 5.60. The second-order valence-electron chi connectivity index (χ2n) is 5.26. The van der Waals surface area contributed by atoms with Crippen LogP contribution in [0.4, 0.5) is 0 Å². The molecule has 3 rings (SSSR count). The largest absolute Gasteiger partial charge is 0.491 e. The average Bonchev–Trinajstić information content (AvgIpc) is 2.88. The molecule has 0 N–H and O–H groups in total. The Labute approximate surface area is 127 Å². The van der Waals surface area contributed by atoms with Gasteiger partial charge in [0.25, 0.3) is 5.56 Å². The van der Waals surface area contributed by atoms with Gasteiger partial charge in [-0.3, -0.25) is 4.79 Å². The molecular weight excluding hydrogens is 290 g/mol. The minimum atomic E-state index is -0.182. The molecule has 0 saturated carbocycles. The van der Waals surface area contributed by atoms with Gasteiger partial charge < -0.3 is 9.30 Å². The number of methoxy groups -OCH3 is 1. The van der Waals surface area contributed by atoms with Crippen LogP contribution in [0.25, 0.3) is 16.6 Å². The number of aromatic nitrogens is 3. The third kappa shape index (κ3) is 2.12. The first-order valence-electron chi connectivity index (χ1n) is 6.82. The van der Waals surface area contributed by atoms with E-state index in [4.69, 9.17) is 16.3 Å². The van der Waals surface area contributed by atoms with E-state index in [9.17, 15) is 4.79 Å². The highest BCUT2D eigenvalue weighted by Crippen LogP contribution is 2.39. The van der Waals surface area contributed by atoms with Crippen molar-refractivity contribution in [3.05, 3.63) is 33.0 Å². The fourth-order valence-electron chi connectivity index (χ4n) is 2.96. The monoisotopic (exact) mass is 305 g/mol. The Bertz CT molecular complexity index is 824. The molecule has 0 unspecified atom stereocenters. The molecule has 0 aliphatic heterocycles. The van der Waals surface area contributed by atoms with Crippen LogP contribution in [0.15, 0.2) is 16.6 Å². The van der Waals surface area contributed by atoms with Crippen molar-refractivity contribution in [2.45, 2.75) is 26.2 Å². The van der Waals surface area contributed by atoms with Crippen LogP contribution in [0.3, 0.4) is 0 Å². The Balaban J connectivity index is 2.51. The van der Waals surface area contributed by atoms with E-state index < -0.39 is 0 Å². The van der Waals surface area contributed by atoms with Gasteiger partial charge in [-0.15, -0.1) is 0 Å². The van der Waals surface area contributed by atoms with E-state index in [0.717, 1.165) is 30.4 Å². The number of allylic oxidation sites excluding steroid dienone is 2. The number of nitrogens with zero attached hydrogens (tertiary/aromatic N) is 3. The number of halogens is 1. The molecule has 6 heteroatoms. The van der Waals surface area contributed by atoms with Crippen LogP contribution in [0.2, 0.25) is 5.28 Å². The molecule has 0 atom stereocenters. The third-order valence-corrected chi connectivity index (χ3v) is 4.25. The van der Waals surface area contributed by atoms with Gasteiger partial charge in [-0.05, 0) is 43.4 Å². The normalized spacial score (nSPS) is 15.0. The smallest absolute Gasteiger partial charge is 0.293 e. The first-order valence-corrected chi connectivity index (χ1v) is 7.20. The highest BCUT2D eigenvalue weighted by atomic mass is 35.5. The molecule has 2 aromatic rings. The summed E-state index contributed by atoms with van der Waals surface area (Å²) in [7, 11) is 3.20. The van der Waals surface area contributed by atoms with Crippen molar-refractivity contribution in [3.8, 4) is 5.75 Å². The summed E-state index contributed by atoms with van der Waals surface area (Å²) in [5.74, 6) is 0.330. The molecule has 0 aromatic carbocycles. The van der Waals surface area contributed by atoms with Crippen molar-refractivity contribution < 1.29 is 4.74 Å². The van der Waals surface area contributed by atoms with Gasteiger partial charge in [-0.1, -0.05) is 5.57 Å². The molecule has 0 bridgehead atoms. The van der Waals surface area contributed by atoms with E-state index in [1.165, 1.54) is 17.3 Å². The minimum Gasteiger partial charge on any atom is -0.491 e. The molecule has 5 nitrogen and oxygen atoms in total. The van der Waals surface area contributed by atoms with Crippen LogP contribution in [-0.2, 0) is 7.05 Å². The van der Waals surface area contributed by atoms with Crippen LogP contribution >= 0.6 is 11.6 Å². The lowest BCUT2D eigenvalue weighted by atomic mass is 10.0. The van der Waals surface area contributed by atoms with Crippen molar-refractivity contribution in [1.82, 2.24) is 14.5 Å². The van der Waals surface area contributed by atoms with E-state index in [0.29, 0.717) is 16.8 Å². The van der Waals surface area contributed by atoms with Crippen molar-refractivity contribution >= 4 is 28.2 Å². The van der Waals surface area contributed by atoms with Crippen LogP contribution in [0, 0.1) is 0 Å². The zero-order valence-corrected chi connectivity index (χ0v) is 13.0. The maximum atomic E-state index is 12.5. The number of pyridine rings is 1. The average molecular weight is 306 g/mol. The van der Waals surface area contributed by atoms with E-state index in [-0.39, 0.29) is 10.8 Å². The summed E-state index contributed by atoms with van der Waals surface area (Å²) in [6.45, 7) is 2.09. The molecule has 2 heterocycles. The molecule has 110 valence electrons. The fourth-order valence-corrected chi connectivity index (χ4v) is 3.10. The van der Waals surface area contributed by atoms with E-state index in [1.807, 2.05) is 0 Å². The summed E-state index contributed by atoms with van der Waals surface area (Å²) in [6.07, 6.45) is 4.62. The first-order chi connectivity index (χ1) is 10.0. The van der Waals surface area contributed by atoms with E-state index >= 15 is 0 Å². The summed E-state index contributed by atoms with van der Waals surface area (Å²) in [6, 6.07) is 0. The van der Waals surface area contributed by atoms with Crippen LogP contribution < -0.4 is 10.3 Å². The predicted molar refractivity (Wildman–Crippen MR) is 82.8 cm³/mol. The van der Waals surface area contributed by atoms with Gasteiger partial charge in [0, 0.05) is 7.05 Å². The number of aryl methyl sites for hydroxylation is 1. The number of fused-ring (bicyclic) bond motifs is 1. The quantitative estimate of drug-likeness (QED) is 0.800. The van der Waals surface area contributed by atoms with Crippen molar-refractivity contribution in [3.63, 3.8) is 0 Å². The number of hydrogen-bond donors (Lipinski definition) is 0. The summed E-state index contributed by atoms with van der Waals surface area (Å²) >= 11 is 5.95. The zero-order chi connectivity index (χ0) is 15.1. The van der Waals surface area contributed by atoms with Crippen LogP contribution in [0.1, 0.15) is 31.7 Å². The lowest BCUT2D eigenvalue weighted by molar-refractivity contribution is 0.404. The lowest BCUT2D eigenvalue weighted by Gasteiger charge is -2.15. The maximum absolute atomic E-state index is 12.5. The van der Waals surface area contributed by atoms with E-state index in [2.05, 4.69) is 16.9 Å². The molecule has 1 aliphatic rings. The molecular formula is C15H16ClN3O2. The van der Waals surface area contributed by atoms with Crippen LogP contribution in [0.5, 0.6) is 5.75 Å². The van der Waals surface area contributed by atoms with Gasteiger partial charge in [0.15, 0.2) is 5.75 Å². The topological polar surface area (TPSA) is 57.0 Å². The third-order valence-electron chi connectivity index (χ3n) is 4.06. The predicted octanol–water partition coefficient (Wildman–Crippen LogP) is 2.95. The Morgan fingerprint density at radius 1 is 1.38 bits per heavy atom. The van der Waals surface area contributed by atoms with Crippen LogP contribution in [-0.4, -0.2) is 21.6 Å². The van der Waals surface area contributed by atoms with Gasteiger partial charge >= 0.3 is 0 Å². The SMILES string of the molecule is COc1c(C2=C(C)CCC2)c2nc(Cl)ncc2n(C)c1=O. The molecule has 0 amide bonds. The molecule has 21 heavy (non-hydrogen) atoms. The van der Waals surface area contributed by atoms with Crippen molar-refractivity contribution in [2.24, 2.45) is 7.05 Å². The Morgan fingerprint density at radius 2 is 2.14 bits per heavy atom. The molecule has 0 fully saturated rings. The van der Waals surface area contributed by atoms with Gasteiger partial charge in [-0.25, -0.2) is 9.97 Å². The van der Waals surface area contributed by atoms with Gasteiger partial charge in [0.05, 0.1) is 24.4 Å². The summed E-state index contributed by atoms with van der Waals surface area (Å²) in [4.78, 5) is 20.8. The second kappa shape index (κ2) is 5.15. The standard InChI is InChI=1S/C15H16ClN3O2/c1-8-5-4-6-9(8)11-12-10(7-17-15(16)18-12)19(2)14(20)13(11)21-3/h7H,4-6H2,1-3H3. The molecule has 0 saturated heterocycles. The first kappa shape index (κ1) is 14.1. The molecule has 1 aliphatic carbocycles. The molecule has 0 spiro atoms. The molecule has 2 aromatic heterocycles. The Morgan fingerprint density at radius 3 is 2.76 bits per heavy atom. The number of hydrogen-bond acceptors (Lipinski definition) is 4. The van der Waals surface area contributed by atoms with Crippen molar-refractivity contribution in [2.75, 3.05) is 7.11 Å². The summed E-state index contributed by atoms with van der Waals surface area (Å²) in [5, 5.41) is 0.167. The summed E-state index contributed by atoms with van der Waals surface area (Å²) < 4.78 is 6.89. The van der Waals surface area contributed by atoms with Gasteiger partial charge in [-0.2, -0.15) is 0 Å². The zero-order valence-electron chi connectivity index (χ0n) is 12.2. The highest BCUT2D eigenvalue weighted by Gasteiger charge is 2.24. The number of ether oxygens (including phenoxy) is 1. The minimum absolute atomic E-state index is 0.167. The molecule has 0 radical (unpaired) electrons. The van der Waals surface area contributed by atoms with Gasteiger partial charge in [0.2, 0.25) is 5.28 Å². The fraction of sp³-hybridized carbons (Fsp3) is 0.400. The maximum Gasteiger partial charge on any atom is 0.293 e. The van der Waals surface area contributed by atoms with Crippen molar-refractivity contribution in [1.29, 1.82) is 0 Å². The van der Waals surface area contributed by atoms with E-state index in [1.54, 1.807) is 13.2 Å². The van der Waals surface area contributed by atoms with Gasteiger partial charge in [0.1, 0.15) is 5.52 Å². The Hall–Kier alpha value is -1.88.